The summed E-state index contributed by atoms with van der Waals surface area (Å²) in [6, 6.07) is 105. The molecule has 3 nitrogen and oxygen atoms in total. The molecule has 0 spiro atoms. The first kappa shape index (κ1) is 47.5. The molecule has 1 aliphatic rings. The highest BCUT2D eigenvalue weighted by molar-refractivity contribution is 7.32. The molecule has 12 aromatic carbocycles. The predicted octanol–water partition coefficient (Wildman–Crippen LogP) is 13.3. The van der Waals surface area contributed by atoms with Crippen LogP contribution in [0.2, 0.25) is 0 Å². The molecule has 0 saturated carbocycles. The number of nitrogens with zero attached hydrogens (tertiary/aromatic N) is 3. The summed E-state index contributed by atoms with van der Waals surface area (Å²) in [6.45, 7) is 8.79. The molecule has 0 amide bonds. The average Bonchev–Trinajstić information content (AvgIpc) is 2.46. The van der Waals surface area contributed by atoms with E-state index < -0.39 is 16.1 Å². The van der Waals surface area contributed by atoms with Gasteiger partial charge in [-0.25, -0.2) is 0 Å². The summed E-state index contributed by atoms with van der Waals surface area (Å²) < 4.78 is 7.47. The highest BCUT2D eigenvalue weighted by Gasteiger charge is 2.56. The summed E-state index contributed by atoms with van der Waals surface area (Å²) in [7, 11) is -5.85. The van der Waals surface area contributed by atoms with Gasteiger partial charge < -0.3 is 13.7 Å². The van der Waals surface area contributed by atoms with Crippen LogP contribution < -0.4 is 41.5 Å². The average molecular weight is 1070 g/mol. The second-order valence-electron chi connectivity index (χ2n) is 22.7. The molecule has 0 saturated heterocycles. The van der Waals surface area contributed by atoms with Crippen molar-refractivity contribution in [1.82, 2.24) is 13.7 Å². The van der Waals surface area contributed by atoms with E-state index in [0.717, 1.165) is 17.1 Å². The Kier molecular flexibility index (Phi) is 10.5. The molecule has 0 bridgehead atoms. The van der Waals surface area contributed by atoms with E-state index in [1.54, 1.807) is 0 Å². The maximum atomic E-state index is 2.52. The second-order valence-corrected chi connectivity index (χ2v) is 30.2. The lowest BCUT2D eigenvalue weighted by molar-refractivity contribution is 1.16. The number of benzene rings is 12. The number of aryl methyl sites for hydroxylation is 4. The molecule has 0 fully saturated rings. The van der Waals surface area contributed by atoms with Crippen LogP contribution in [0.1, 0.15) is 22.3 Å². The summed E-state index contributed by atoms with van der Waals surface area (Å²) in [5, 5.41) is 19.1. The number of hydrogen-bond acceptors (Lipinski definition) is 0. The highest BCUT2D eigenvalue weighted by Crippen LogP contribution is 2.40. The van der Waals surface area contributed by atoms with E-state index in [9.17, 15) is 0 Å². The third kappa shape index (κ3) is 6.80. The molecule has 0 radical (unpaired) electrons. The van der Waals surface area contributed by atoms with Crippen LogP contribution in [-0.4, -0.2) is 29.8 Å². The van der Waals surface area contributed by atoms with Gasteiger partial charge in [-0.15, -0.1) is 0 Å². The number of rotatable bonds is 7. The van der Waals surface area contributed by atoms with Crippen molar-refractivity contribution in [1.29, 1.82) is 0 Å². The van der Waals surface area contributed by atoms with E-state index >= 15 is 0 Å². The molecule has 81 heavy (non-hydrogen) atoms. The van der Waals surface area contributed by atoms with Crippen molar-refractivity contribution >= 4 is 123 Å². The standard InChI is InChI=1S/C76H57N3Si2/c1-50-28-38-67-61(44-50)62-45-51(2)29-39-68(62)78(67)55-34-42-71-65(48-55)66-49-56(79-69-40-30-52(3)46-63(69)64-47-53(4)31-41-70(64)79)35-43-72(66)77(71)54-32-36-60(37-33-54)81(59-22-12-7-13-23-59)75-26-16-14-24-73(75)80(57-18-8-5-9-19-57,58-20-10-6-11-21-58)74-25-15-17-27-76(74)81/h5-49H,1-4H3. The van der Waals surface area contributed by atoms with E-state index in [4.69, 9.17) is 0 Å². The molecule has 3 aromatic heterocycles. The largest absolute Gasteiger partial charge is 0.309 e. The van der Waals surface area contributed by atoms with Crippen molar-refractivity contribution in [2.24, 2.45) is 0 Å². The van der Waals surface area contributed by atoms with Crippen LogP contribution in [0.15, 0.2) is 273 Å². The van der Waals surface area contributed by atoms with Crippen molar-refractivity contribution in [2.45, 2.75) is 27.7 Å². The van der Waals surface area contributed by atoms with Gasteiger partial charge >= 0.3 is 0 Å². The SMILES string of the molecule is Cc1ccc2c(c1)c1cc(C)ccc1n2-c1ccc2c(c1)c1cc(-n3c4ccc(C)cc4c4cc(C)ccc43)ccc1n2-c1ccc([Si]2(c3ccccc3)c3ccccc3[Si](c3ccccc3)(c3ccccc3)c3ccccc32)cc1. The predicted molar refractivity (Wildman–Crippen MR) is 349 cm³/mol. The van der Waals surface area contributed by atoms with E-state index in [1.165, 1.54) is 129 Å². The zero-order chi connectivity index (χ0) is 54.1. The zero-order valence-electron chi connectivity index (χ0n) is 45.8. The Labute approximate surface area is 473 Å². The first-order valence-corrected chi connectivity index (χ1v) is 32.4. The fraction of sp³-hybridized carbons (Fsp3) is 0.0526. The van der Waals surface area contributed by atoms with Crippen LogP contribution in [0.3, 0.4) is 0 Å². The second kappa shape index (κ2) is 18.0. The van der Waals surface area contributed by atoms with Gasteiger partial charge in [-0.3, -0.25) is 0 Å². The van der Waals surface area contributed by atoms with E-state index in [2.05, 4.69) is 314 Å². The molecular weight excluding hydrogens is 1010 g/mol. The van der Waals surface area contributed by atoms with Gasteiger partial charge in [-0.1, -0.05) is 198 Å². The molecule has 0 aliphatic carbocycles. The quantitative estimate of drug-likeness (QED) is 0.141. The lowest BCUT2D eigenvalue weighted by atomic mass is 10.1. The fourth-order valence-corrected chi connectivity index (χ4v) is 26.7. The van der Waals surface area contributed by atoms with Crippen LogP contribution in [0.25, 0.3) is 82.5 Å². The van der Waals surface area contributed by atoms with Gasteiger partial charge in [-0.2, -0.15) is 0 Å². The van der Waals surface area contributed by atoms with E-state index in [1.807, 2.05) is 0 Å². The van der Waals surface area contributed by atoms with E-state index in [0.29, 0.717) is 0 Å². The van der Waals surface area contributed by atoms with Gasteiger partial charge in [0.2, 0.25) is 0 Å². The third-order valence-corrected chi connectivity index (χ3v) is 28.3. The Morgan fingerprint density at radius 2 is 0.444 bits per heavy atom. The summed E-state index contributed by atoms with van der Waals surface area (Å²) in [6.07, 6.45) is 0. The Morgan fingerprint density at radius 1 is 0.210 bits per heavy atom. The zero-order valence-corrected chi connectivity index (χ0v) is 47.8. The summed E-state index contributed by atoms with van der Waals surface area (Å²) in [5.41, 5.74) is 15.7. The van der Waals surface area contributed by atoms with Gasteiger partial charge in [0.15, 0.2) is 16.1 Å². The first-order valence-electron chi connectivity index (χ1n) is 28.4. The first-order chi connectivity index (χ1) is 39.8. The molecule has 0 atom stereocenters. The molecule has 5 heteroatoms. The van der Waals surface area contributed by atoms with Gasteiger partial charge in [0.05, 0.1) is 33.1 Å². The molecular formula is C76H57N3Si2. The summed E-state index contributed by atoms with van der Waals surface area (Å²) in [5.74, 6) is 0. The van der Waals surface area contributed by atoms with Gasteiger partial charge in [0.1, 0.15) is 0 Å². The molecule has 0 unspecified atom stereocenters. The van der Waals surface area contributed by atoms with Crippen LogP contribution in [-0.2, 0) is 0 Å². The van der Waals surface area contributed by atoms with Crippen LogP contribution in [0.5, 0.6) is 0 Å². The Balaban J connectivity index is 0.947. The summed E-state index contributed by atoms with van der Waals surface area (Å²) >= 11 is 0. The van der Waals surface area contributed by atoms with Crippen LogP contribution >= 0.6 is 0 Å². The number of hydrogen-bond donors (Lipinski definition) is 0. The Hall–Kier alpha value is -9.53. The van der Waals surface area contributed by atoms with Gasteiger partial charge in [0, 0.05) is 49.4 Å². The molecule has 0 N–H and O–H groups in total. The third-order valence-electron chi connectivity index (χ3n) is 18.0. The molecule has 15 aromatic rings. The van der Waals surface area contributed by atoms with Gasteiger partial charge in [0.25, 0.3) is 0 Å². The number of aromatic nitrogens is 3. The number of fused-ring (bicyclic) bond motifs is 11. The molecule has 1 aliphatic heterocycles. The lowest BCUT2D eigenvalue weighted by Gasteiger charge is -2.48. The Bertz CT molecular complexity index is 4640. The van der Waals surface area contributed by atoms with Gasteiger partial charge in [-0.05, 0) is 166 Å². The minimum Gasteiger partial charge on any atom is -0.309 e. The maximum Gasteiger partial charge on any atom is 0.179 e. The summed E-state index contributed by atoms with van der Waals surface area (Å²) in [4.78, 5) is 0. The monoisotopic (exact) mass is 1070 g/mol. The van der Waals surface area contributed by atoms with Crippen molar-refractivity contribution in [2.75, 3.05) is 0 Å². The van der Waals surface area contributed by atoms with Crippen molar-refractivity contribution in [3.8, 4) is 17.1 Å². The minimum atomic E-state index is -3.01. The van der Waals surface area contributed by atoms with Crippen molar-refractivity contribution in [3.05, 3.63) is 295 Å². The van der Waals surface area contributed by atoms with Crippen molar-refractivity contribution < 1.29 is 0 Å². The molecule has 384 valence electrons. The van der Waals surface area contributed by atoms with E-state index in [-0.39, 0.29) is 0 Å². The molecule has 4 heterocycles. The maximum absolute atomic E-state index is 3.01. The molecule has 16 rings (SSSR count). The Morgan fingerprint density at radius 3 is 0.753 bits per heavy atom. The van der Waals surface area contributed by atoms with Crippen LogP contribution in [0, 0.1) is 27.7 Å². The lowest BCUT2D eigenvalue weighted by Crippen LogP contribution is -2.93. The fourth-order valence-electron chi connectivity index (χ4n) is 14.7. The highest BCUT2D eigenvalue weighted by atomic mass is 28.3. The smallest absolute Gasteiger partial charge is 0.179 e. The van der Waals surface area contributed by atoms with Crippen molar-refractivity contribution in [3.63, 3.8) is 0 Å². The van der Waals surface area contributed by atoms with Crippen LogP contribution in [0.4, 0.5) is 0 Å². The normalized spacial score (nSPS) is 13.6. The minimum absolute atomic E-state index is 1.14. The topological polar surface area (TPSA) is 14.8 Å².